The number of anilines is 1. The molecule has 0 aliphatic heterocycles. The van der Waals surface area contributed by atoms with Gasteiger partial charge in [0.05, 0.1) is 22.0 Å². The molecule has 4 nitrogen and oxygen atoms in total. The standard InChI is InChI=1S/C18H14F3N3OS/c19-18(20,21)13-5-1-2-6-14(13)23-16(25)7-8-17-24-15(11-26-17)12-4-3-9-22-10-12/h1-6,9-11H,7-8H2,(H,23,25). The first-order valence-electron chi connectivity index (χ1n) is 7.74. The molecule has 3 aromatic rings. The van der Waals surface area contributed by atoms with Gasteiger partial charge in [0.1, 0.15) is 0 Å². The van der Waals surface area contributed by atoms with Gasteiger partial charge in [-0.15, -0.1) is 11.3 Å². The summed E-state index contributed by atoms with van der Waals surface area (Å²) in [5.41, 5.74) is 0.543. The number of para-hydroxylation sites is 1. The second kappa shape index (κ2) is 7.65. The van der Waals surface area contributed by atoms with Crippen molar-refractivity contribution in [2.75, 3.05) is 5.32 Å². The molecule has 1 aromatic carbocycles. The molecule has 0 saturated heterocycles. The van der Waals surface area contributed by atoms with Gasteiger partial charge in [-0.05, 0) is 24.3 Å². The van der Waals surface area contributed by atoms with E-state index in [1.165, 1.54) is 29.5 Å². The zero-order valence-electron chi connectivity index (χ0n) is 13.5. The van der Waals surface area contributed by atoms with Gasteiger partial charge in [0.15, 0.2) is 0 Å². The first kappa shape index (κ1) is 18.1. The van der Waals surface area contributed by atoms with Crippen LogP contribution in [0.15, 0.2) is 54.2 Å². The molecule has 134 valence electrons. The van der Waals surface area contributed by atoms with Gasteiger partial charge in [0.25, 0.3) is 0 Å². The lowest BCUT2D eigenvalue weighted by Crippen LogP contribution is -2.16. The Kier molecular flexibility index (Phi) is 5.32. The summed E-state index contributed by atoms with van der Waals surface area (Å²) in [7, 11) is 0. The van der Waals surface area contributed by atoms with Crippen molar-refractivity contribution in [3.63, 3.8) is 0 Å². The van der Waals surface area contributed by atoms with Crippen molar-refractivity contribution in [3.8, 4) is 11.3 Å². The zero-order valence-corrected chi connectivity index (χ0v) is 14.3. The van der Waals surface area contributed by atoms with Gasteiger partial charge in [0, 0.05) is 36.2 Å². The van der Waals surface area contributed by atoms with Crippen LogP contribution in [-0.2, 0) is 17.4 Å². The average Bonchev–Trinajstić information content (AvgIpc) is 3.09. The number of aryl methyl sites for hydroxylation is 1. The maximum atomic E-state index is 12.9. The SMILES string of the molecule is O=C(CCc1nc(-c2cccnc2)cs1)Nc1ccccc1C(F)(F)F. The average molecular weight is 377 g/mol. The molecule has 0 unspecified atom stereocenters. The van der Waals surface area contributed by atoms with Crippen LogP contribution in [0.1, 0.15) is 17.0 Å². The lowest BCUT2D eigenvalue weighted by Gasteiger charge is -2.13. The number of benzene rings is 1. The van der Waals surface area contributed by atoms with Gasteiger partial charge >= 0.3 is 6.18 Å². The molecule has 1 N–H and O–H groups in total. The van der Waals surface area contributed by atoms with Crippen molar-refractivity contribution < 1.29 is 18.0 Å². The topological polar surface area (TPSA) is 54.9 Å². The Bertz CT molecular complexity index is 894. The third-order valence-corrected chi connectivity index (χ3v) is 4.49. The number of hydrogen-bond acceptors (Lipinski definition) is 4. The van der Waals surface area contributed by atoms with Crippen molar-refractivity contribution in [3.05, 3.63) is 64.7 Å². The number of alkyl halides is 3. The Morgan fingerprint density at radius 3 is 2.69 bits per heavy atom. The number of nitrogens with zero attached hydrogens (tertiary/aromatic N) is 2. The van der Waals surface area contributed by atoms with E-state index < -0.39 is 17.6 Å². The van der Waals surface area contributed by atoms with Gasteiger partial charge in [-0.25, -0.2) is 4.98 Å². The van der Waals surface area contributed by atoms with Crippen LogP contribution in [0.5, 0.6) is 0 Å². The van der Waals surface area contributed by atoms with Crippen LogP contribution in [0, 0.1) is 0 Å². The molecule has 8 heteroatoms. The number of pyridine rings is 1. The largest absolute Gasteiger partial charge is 0.418 e. The lowest BCUT2D eigenvalue weighted by atomic mass is 10.1. The highest BCUT2D eigenvalue weighted by Crippen LogP contribution is 2.34. The number of amides is 1. The summed E-state index contributed by atoms with van der Waals surface area (Å²) in [5.74, 6) is -0.486. The minimum Gasteiger partial charge on any atom is -0.325 e. The monoisotopic (exact) mass is 377 g/mol. The smallest absolute Gasteiger partial charge is 0.325 e. The number of halogens is 3. The Hall–Kier alpha value is -2.74. The molecule has 0 aliphatic rings. The van der Waals surface area contributed by atoms with E-state index in [0.29, 0.717) is 6.42 Å². The summed E-state index contributed by atoms with van der Waals surface area (Å²) in [6, 6.07) is 8.60. The fraction of sp³-hybridized carbons (Fsp3) is 0.167. The minimum absolute atomic E-state index is 0.0478. The zero-order chi connectivity index (χ0) is 18.6. The highest BCUT2D eigenvalue weighted by molar-refractivity contribution is 7.09. The molecule has 2 aromatic heterocycles. The van der Waals surface area contributed by atoms with Crippen molar-refractivity contribution in [1.82, 2.24) is 9.97 Å². The fourth-order valence-corrected chi connectivity index (χ4v) is 3.15. The van der Waals surface area contributed by atoms with Crippen molar-refractivity contribution >= 4 is 22.9 Å². The molecular formula is C18H14F3N3OS. The van der Waals surface area contributed by atoms with E-state index in [0.717, 1.165) is 22.3 Å². The van der Waals surface area contributed by atoms with Crippen LogP contribution in [-0.4, -0.2) is 15.9 Å². The molecule has 26 heavy (non-hydrogen) atoms. The maximum Gasteiger partial charge on any atom is 0.418 e. The minimum atomic E-state index is -4.52. The van der Waals surface area contributed by atoms with E-state index >= 15 is 0 Å². The summed E-state index contributed by atoms with van der Waals surface area (Å²) >= 11 is 1.40. The number of carbonyl (C=O) groups excluding carboxylic acids is 1. The van der Waals surface area contributed by atoms with E-state index in [2.05, 4.69) is 15.3 Å². The summed E-state index contributed by atoms with van der Waals surface area (Å²) in [6.45, 7) is 0. The van der Waals surface area contributed by atoms with Gasteiger partial charge in [-0.2, -0.15) is 13.2 Å². The Morgan fingerprint density at radius 1 is 1.15 bits per heavy atom. The van der Waals surface area contributed by atoms with Gasteiger partial charge in [-0.1, -0.05) is 12.1 Å². The summed E-state index contributed by atoms with van der Waals surface area (Å²) in [5, 5.41) is 4.94. The van der Waals surface area contributed by atoms with E-state index in [-0.39, 0.29) is 12.1 Å². The highest BCUT2D eigenvalue weighted by Gasteiger charge is 2.33. The molecule has 0 fully saturated rings. The van der Waals surface area contributed by atoms with E-state index in [1.807, 2.05) is 11.4 Å². The van der Waals surface area contributed by atoms with E-state index in [1.54, 1.807) is 18.5 Å². The number of aromatic nitrogens is 2. The fourth-order valence-electron chi connectivity index (χ4n) is 2.35. The van der Waals surface area contributed by atoms with Crippen LogP contribution in [0.2, 0.25) is 0 Å². The molecule has 0 spiro atoms. The van der Waals surface area contributed by atoms with Gasteiger partial charge in [0.2, 0.25) is 5.91 Å². The molecule has 1 amide bonds. The molecule has 0 saturated carbocycles. The lowest BCUT2D eigenvalue weighted by molar-refractivity contribution is -0.137. The Labute approximate surface area is 151 Å². The summed E-state index contributed by atoms with van der Waals surface area (Å²) in [4.78, 5) is 20.5. The number of hydrogen-bond donors (Lipinski definition) is 1. The van der Waals surface area contributed by atoms with Crippen LogP contribution in [0.3, 0.4) is 0 Å². The first-order chi connectivity index (χ1) is 12.4. The summed E-state index contributed by atoms with van der Waals surface area (Å²) in [6.07, 6.45) is -0.756. The molecule has 0 bridgehead atoms. The number of rotatable bonds is 5. The van der Waals surface area contributed by atoms with E-state index in [4.69, 9.17) is 0 Å². The maximum absolute atomic E-state index is 12.9. The normalized spacial score (nSPS) is 11.3. The van der Waals surface area contributed by atoms with Gasteiger partial charge in [-0.3, -0.25) is 9.78 Å². The van der Waals surface area contributed by atoms with Crippen LogP contribution in [0.25, 0.3) is 11.3 Å². The third kappa shape index (κ3) is 4.45. The van der Waals surface area contributed by atoms with Crippen LogP contribution in [0.4, 0.5) is 18.9 Å². The molecule has 0 atom stereocenters. The van der Waals surface area contributed by atoms with Crippen molar-refractivity contribution in [2.24, 2.45) is 0 Å². The quantitative estimate of drug-likeness (QED) is 0.695. The Morgan fingerprint density at radius 2 is 1.96 bits per heavy atom. The Balaban J connectivity index is 1.61. The van der Waals surface area contributed by atoms with E-state index in [9.17, 15) is 18.0 Å². The van der Waals surface area contributed by atoms with Crippen molar-refractivity contribution in [1.29, 1.82) is 0 Å². The second-order valence-corrected chi connectivity index (χ2v) is 6.40. The molecule has 2 heterocycles. The predicted molar refractivity (Wildman–Crippen MR) is 93.7 cm³/mol. The number of carbonyl (C=O) groups is 1. The van der Waals surface area contributed by atoms with Crippen LogP contribution < -0.4 is 5.32 Å². The van der Waals surface area contributed by atoms with Crippen molar-refractivity contribution in [2.45, 2.75) is 19.0 Å². The number of nitrogens with one attached hydrogen (secondary N) is 1. The van der Waals surface area contributed by atoms with Crippen LogP contribution >= 0.6 is 11.3 Å². The second-order valence-electron chi connectivity index (χ2n) is 5.46. The molecule has 0 aliphatic carbocycles. The predicted octanol–water partition coefficient (Wildman–Crippen LogP) is 4.80. The molecular weight excluding hydrogens is 363 g/mol. The molecule has 3 rings (SSSR count). The van der Waals surface area contributed by atoms with Gasteiger partial charge < -0.3 is 5.32 Å². The number of thiazole rings is 1. The molecule has 0 radical (unpaired) electrons. The third-order valence-electron chi connectivity index (χ3n) is 3.58. The summed E-state index contributed by atoms with van der Waals surface area (Å²) < 4.78 is 38.8. The highest BCUT2D eigenvalue weighted by atomic mass is 32.1. The first-order valence-corrected chi connectivity index (χ1v) is 8.62.